The van der Waals surface area contributed by atoms with Crippen LogP contribution in [0.15, 0.2) is 48.8 Å². The molecule has 0 bridgehead atoms. The van der Waals surface area contributed by atoms with E-state index in [0.717, 1.165) is 57.6 Å². The van der Waals surface area contributed by atoms with Crippen LogP contribution in [0.4, 0.5) is 11.4 Å². The van der Waals surface area contributed by atoms with Crippen molar-refractivity contribution in [3.8, 4) is 16.9 Å². The van der Waals surface area contributed by atoms with Gasteiger partial charge in [-0.3, -0.25) is 9.97 Å². The summed E-state index contributed by atoms with van der Waals surface area (Å²) in [5, 5.41) is 15.0. The summed E-state index contributed by atoms with van der Waals surface area (Å²) in [5.41, 5.74) is 7.46. The van der Waals surface area contributed by atoms with Gasteiger partial charge in [0.2, 0.25) is 0 Å². The van der Waals surface area contributed by atoms with E-state index in [4.69, 9.17) is 23.2 Å². The zero-order chi connectivity index (χ0) is 25.2. The molecule has 0 spiro atoms. The molecule has 1 aliphatic rings. The third-order valence-electron chi connectivity index (χ3n) is 6.79. The number of fused-ring (bicyclic) bond motifs is 1. The molecule has 3 heterocycles. The third-order valence-corrected chi connectivity index (χ3v) is 7.36. The van der Waals surface area contributed by atoms with Crippen molar-refractivity contribution < 1.29 is 5.11 Å². The Kier molecular flexibility index (Phi) is 7.33. The molecule has 5 rings (SSSR count). The van der Waals surface area contributed by atoms with Gasteiger partial charge < -0.3 is 15.3 Å². The predicted octanol–water partition coefficient (Wildman–Crippen LogP) is 7.39. The van der Waals surface area contributed by atoms with E-state index in [1.54, 1.807) is 18.6 Å². The summed E-state index contributed by atoms with van der Waals surface area (Å²) in [6.07, 6.45) is 9.17. The van der Waals surface area contributed by atoms with Crippen molar-refractivity contribution in [2.45, 2.75) is 26.2 Å². The maximum Gasteiger partial charge on any atom is 0.152 e. The summed E-state index contributed by atoms with van der Waals surface area (Å²) >= 11 is 12.4. The number of hydrogen-bond acceptors (Lipinski definition) is 5. The molecule has 1 aliphatic heterocycles. The van der Waals surface area contributed by atoms with Crippen LogP contribution in [0.5, 0.6) is 5.75 Å². The number of aromatic nitrogens is 2. The van der Waals surface area contributed by atoms with Crippen LogP contribution >= 0.6 is 23.2 Å². The second-order valence-electron chi connectivity index (χ2n) is 9.21. The first-order chi connectivity index (χ1) is 17.4. The highest BCUT2D eigenvalue weighted by Gasteiger charge is 2.15. The SMILES string of the molecule is [CH2][CH]c1cnc2ccc(-c3cc(Cl)c(O)c(Cl)c3)cc2c1Nc1cc(CCN2CCCC2)cnc1C. The number of halogens is 2. The lowest BCUT2D eigenvalue weighted by Gasteiger charge is -2.18. The molecule has 0 amide bonds. The summed E-state index contributed by atoms with van der Waals surface area (Å²) in [6.45, 7) is 9.45. The normalized spacial score (nSPS) is 14.0. The van der Waals surface area contributed by atoms with Gasteiger partial charge in [-0.2, -0.15) is 0 Å². The van der Waals surface area contributed by atoms with Crippen LogP contribution in [0.2, 0.25) is 10.0 Å². The zero-order valence-corrected chi connectivity index (χ0v) is 21.7. The van der Waals surface area contributed by atoms with Gasteiger partial charge in [0.1, 0.15) is 0 Å². The molecule has 2 aromatic carbocycles. The maximum atomic E-state index is 9.97. The lowest BCUT2D eigenvalue weighted by atomic mass is 10.00. The van der Waals surface area contributed by atoms with Crippen LogP contribution in [-0.2, 0) is 6.42 Å². The summed E-state index contributed by atoms with van der Waals surface area (Å²) in [6, 6.07) is 11.6. The largest absolute Gasteiger partial charge is 0.505 e. The van der Waals surface area contributed by atoms with Crippen molar-refractivity contribution in [3.05, 3.63) is 89.0 Å². The highest BCUT2D eigenvalue weighted by Crippen LogP contribution is 2.38. The number of pyridine rings is 2. The standard InChI is InChI=1S/C29H28Cl2N4O/c1-3-20-17-33-26-7-6-21(22-14-24(30)29(36)25(31)15-22)13-23(26)28(20)34-27-12-19(16-32-18(27)2)8-11-35-9-4-5-10-35/h3,6-7,12-17,36H,1,4-5,8-11H2,2H3,(H,33,34). The number of benzene rings is 2. The average Bonchev–Trinajstić information content (AvgIpc) is 3.41. The molecule has 4 aromatic rings. The average molecular weight is 519 g/mol. The lowest BCUT2D eigenvalue weighted by molar-refractivity contribution is 0.343. The van der Waals surface area contributed by atoms with Gasteiger partial charge in [0.05, 0.1) is 32.6 Å². The highest BCUT2D eigenvalue weighted by molar-refractivity contribution is 6.37. The number of nitrogens with zero attached hydrogens (tertiary/aromatic N) is 3. The number of phenolic OH excluding ortho intramolecular Hbond substituents is 1. The number of nitrogens with one attached hydrogen (secondary N) is 1. The van der Waals surface area contributed by atoms with Crippen molar-refractivity contribution in [2.75, 3.05) is 25.0 Å². The van der Waals surface area contributed by atoms with Gasteiger partial charge in [0, 0.05) is 24.3 Å². The molecule has 0 saturated carbocycles. The topological polar surface area (TPSA) is 61.3 Å². The monoisotopic (exact) mass is 518 g/mol. The van der Waals surface area contributed by atoms with E-state index in [2.05, 4.69) is 39.2 Å². The summed E-state index contributed by atoms with van der Waals surface area (Å²) < 4.78 is 0. The number of rotatable bonds is 7. The Morgan fingerprint density at radius 1 is 1.03 bits per heavy atom. The smallest absolute Gasteiger partial charge is 0.152 e. The van der Waals surface area contributed by atoms with Crippen LogP contribution in [0, 0.1) is 20.3 Å². The number of anilines is 2. The van der Waals surface area contributed by atoms with Crippen LogP contribution < -0.4 is 5.32 Å². The molecule has 36 heavy (non-hydrogen) atoms. The van der Waals surface area contributed by atoms with E-state index in [1.165, 1.54) is 31.5 Å². The molecule has 0 unspecified atom stereocenters. The van der Waals surface area contributed by atoms with Crippen molar-refractivity contribution in [1.29, 1.82) is 0 Å². The number of aromatic hydroxyl groups is 1. The van der Waals surface area contributed by atoms with Gasteiger partial charge >= 0.3 is 0 Å². The van der Waals surface area contributed by atoms with E-state index in [1.807, 2.05) is 31.5 Å². The Morgan fingerprint density at radius 2 is 1.78 bits per heavy atom. The van der Waals surface area contributed by atoms with Crippen molar-refractivity contribution in [1.82, 2.24) is 14.9 Å². The minimum atomic E-state index is -0.117. The number of likely N-dealkylation sites (tertiary alicyclic amines) is 1. The first kappa shape index (κ1) is 24.8. The van der Waals surface area contributed by atoms with Crippen molar-refractivity contribution >= 4 is 45.5 Å². The highest BCUT2D eigenvalue weighted by atomic mass is 35.5. The fourth-order valence-corrected chi connectivity index (χ4v) is 5.17. The van der Waals surface area contributed by atoms with E-state index < -0.39 is 0 Å². The fraction of sp³-hybridized carbons (Fsp3) is 0.241. The van der Waals surface area contributed by atoms with Crippen LogP contribution in [0.3, 0.4) is 0 Å². The molecule has 184 valence electrons. The molecule has 0 atom stereocenters. The molecule has 2 aromatic heterocycles. The third kappa shape index (κ3) is 5.15. The zero-order valence-electron chi connectivity index (χ0n) is 20.2. The van der Waals surface area contributed by atoms with Crippen LogP contribution in [0.25, 0.3) is 22.0 Å². The van der Waals surface area contributed by atoms with Gasteiger partial charge in [-0.15, -0.1) is 0 Å². The quantitative estimate of drug-likeness (QED) is 0.267. The van der Waals surface area contributed by atoms with Gasteiger partial charge in [-0.1, -0.05) is 29.3 Å². The van der Waals surface area contributed by atoms with Gasteiger partial charge in [0.25, 0.3) is 0 Å². The molecule has 1 saturated heterocycles. The number of aryl methyl sites for hydroxylation is 1. The van der Waals surface area contributed by atoms with Gasteiger partial charge in [-0.25, -0.2) is 0 Å². The minimum absolute atomic E-state index is 0.117. The number of phenols is 1. The predicted molar refractivity (Wildman–Crippen MR) is 149 cm³/mol. The molecule has 2 N–H and O–H groups in total. The molecule has 5 nitrogen and oxygen atoms in total. The Hall–Kier alpha value is -2.86. The first-order valence-corrected chi connectivity index (χ1v) is 12.9. The van der Waals surface area contributed by atoms with E-state index in [0.29, 0.717) is 0 Å². The fourth-order valence-electron chi connectivity index (χ4n) is 4.68. The molecule has 2 radical (unpaired) electrons. The molecule has 0 aliphatic carbocycles. The van der Waals surface area contributed by atoms with E-state index >= 15 is 0 Å². The maximum absolute atomic E-state index is 9.97. The van der Waals surface area contributed by atoms with Crippen LogP contribution in [-0.4, -0.2) is 39.6 Å². The second-order valence-corrected chi connectivity index (χ2v) is 10.0. The van der Waals surface area contributed by atoms with Crippen molar-refractivity contribution in [3.63, 3.8) is 0 Å². The Labute approximate surface area is 222 Å². The van der Waals surface area contributed by atoms with Crippen LogP contribution in [0.1, 0.15) is 29.7 Å². The Balaban J connectivity index is 1.52. The van der Waals surface area contributed by atoms with Crippen molar-refractivity contribution in [2.24, 2.45) is 0 Å². The molecular weight excluding hydrogens is 491 g/mol. The summed E-state index contributed by atoms with van der Waals surface area (Å²) in [4.78, 5) is 11.8. The first-order valence-electron chi connectivity index (χ1n) is 12.1. The summed E-state index contributed by atoms with van der Waals surface area (Å²) in [7, 11) is 0. The Bertz CT molecular complexity index is 1390. The minimum Gasteiger partial charge on any atom is -0.505 e. The second kappa shape index (κ2) is 10.6. The lowest BCUT2D eigenvalue weighted by Crippen LogP contribution is -2.22. The molecule has 7 heteroatoms. The molecular formula is C29H28Cl2N4O. The van der Waals surface area contributed by atoms with E-state index in [9.17, 15) is 5.11 Å². The molecule has 1 fully saturated rings. The van der Waals surface area contributed by atoms with E-state index in [-0.39, 0.29) is 15.8 Å². The Morgan fingerprint density at radius 3 is 2.50 bits per heavy atom. The van der Waals surface area contributed by atoms with Gasteiger partial charge in [0.15, 0.2) is 5.75 Å². The summed E-state index contributed by atoms with van der Waals surface area (Å²) in [5.74, 6) is -0.117. The number of hydrogen-bond donors (Lipinski definition) is 2. The van der Waals surface area contributed by atoms with Gasteiger partial charge in [-0.05, 0) is 105 Å².